The molecule has 3 rings (SSSR count). The molecule has 2 aromatic heterocycles. The monoisotopic (exact) mass is 299 g/mol. The highest BCUT2D eigenvalue weighted by Gasteiger charge is 2.05. The van der Waals surface area contributed by atoms with Crippen molar-refractivity contribution in [2.24, 2.45) is 10.7 Å². The highest BCUT2D eigenvalue weighted by Crippen LogP contribution is 2.22. The van der Waals surface area contributed by atoms with Crippen molar-refractivity contribution in [3.8, 4) is 11.3 Å². The number of benzene rings is 1. The Morgan fingerprint density at radius 2 is 2.00 bits per heavy atom. The summed E-state index contributed by atoms with van der Waals surface area (Å²) in [5, 5.41) is 0. The third kappa shape index (κ3) is 2.87. The summed E-state index contributed by atoms with van der Waals surface area (Å²) >= 11 is 5.61. The second-order valence-electron chi connectivity index (χ2n) is 4.69. The fourth-order valence-corrected chi connectivity index (χ4v) is 2.06. The van der Waals surface area contributed by atoms with E-state index in [2.05, 4.69) is 15.0 Å². The molecule has 0 saturated heterocycles. The quantitative estimate of drug-likeness (QED) is 0.459. The van der Waals surface area contributed by atoms with Crippen LogP contribution in [0.1, 0.15) is 5.69 Å². The summed E-state index contributed by atoms with van der Waals surface area (Å²) in [4.78, 5) is 13.1. The first kappa shape index (κ1) is 13.6. The Labute approximate surface area is 127 Å². The van der Waals surface area contributed by atoms with Crippen molar-refractivity contribution < 1.29 is 0 Å². The van der Waals surface area contributed by atoms with Crippen LogP contribution in [-0.4, -0.2) is 26.1 Å². The third-order valence-corrected chi connectivity index (χ3v) is 3.31. The van der Waals surface area contributed by atoms with Crippen LogP contribution in [0, 0.1) is 6.92 Å². The molecular weight excluding hydrogens is 286 g/mol. The second kappa shape index (κ2) is 5.54. The predicted octanol–water partition coefficient (Wildman–Crippen LogP) is 2.93. The SMILES string of the molecule is Cc1ccn2cc(-c3ccc(N=C(N)CCl)cc3)nc2n1. The van der Waals surface area contributed by atoms with Gasteiger partial charge in [-0.3, -0.25) is 4.40 Å². The molecule has 0 radical (unpaired) electrons. The van der Waals surface area contributed by atoms with Crippen molar-refractivity contribution in [1.82, 2.24) is 14.4 Å². The molecular formula is C15H14ClN5. The highest BCUT2D eigenvalue weighted by atomic mass is 35.5. The minimum Gasteiger partial charge on any atom is -0.386 e. The fourth-order valence-electron chi connectivity index (χ4n) is 2.00. The molecule has 21 heavy (non-hydrogen) atoms. The maximum absolute atomic E-state index is 5.61. The molecule has 0 spiro atoms. The Morgan fingerprint density at radius 3 is 2.71 bits per heavy atom. The number of alkyl halides is 1. The zero-order chi connectivity index (χ0) is 14.8. The molecule has 5 nitrogen and oxygen atoms in total. The number of nitrogens with two attached hydrogens (primary N) is 1. The van der Waals surface area contributed by atoms with E-state index in [1.807, 2.05) is 54.0 Å². The zero-order valence-corrected chi connectivity index (χ0v) is 12.2. The van der Waals surface area contributed by atoms with E-state index < -0.39 is 0 Å². The molecule has 0 aliphatic heterocycles. The number of imidazole rings is 1. The predicted molar refractivity (Wildman–Crippen MR) is 85.2 cm³/mol. The van der Waals surface area contributed by atoms with Gasteiger partial charge in [-0.2, -0.15) is 0 Å². The molecule has 0 bridgehead atoms. The lowest BCUT2D eigenvalue weighted by molar-refractivity contribution is 1.07. The molecule has 0 aliphatic carbocycles. The van der Waals surface area contributed by atoms with E-state index >= 15 is 0 Å². The number of hydrogen-bond acceptors (Lipinski definition) is 3. The third-order valence-electron chi connectivity index (χ3n) is 3.04. The first-order valence-corrected chi connectivity index (χ1v) is 7.01. The number of aromatic nitrogens is 3. The van der Waals surface area contributed by atoms with Crippen LogP contribution in [0.5, 0.6) is 0 Å². The van der Waals surface area contributed by atoms with Crippen LogP contribution in [0.4, 0.5) is 5.69 Å². The van der Waals surface area contributed by atoms with Crippen molar-refractivity contribution in [1.29, 1.82) is 0 Å². The van der Waals surface area contributed by atoms with Gasteiger partial charge >= 0.3 is 0 Å². The van der Waals surface area contributed by atoms with Crippen LogP contribution in [0.25, 0.3) is 17.0 Å². The smallest absolute Gasteiger partial charge is 0.234 e. The normalized spacial score (nSPS) is 12.0. The van der Waals surface area contributed by atoms with Gasteiger partial charge in [-0.25, -0.2) is 15.0 Å². The van der Waals surface area contributed by atoms with Crippen LogP contribution >= 0.6 is 11.6 Å². The van der Waals surface area contributed by atoms with Gasteiger partial charge in [-0.05, 0) is 25.1 Å². The minimum absolute atomic E-state index is 0.221. The number of halogens is 1. The molecule has 0 atom stereocenters. The van der Waals surface area contributed by atoms with Gasteiger partial charge in [0.2, 0.25) is 5.78 Å². The molecule has 0 amide bonds. The lowest BCUT2D eigenvalue weighted by atomic mass is 10.1. The molecule has 0 saturated carbocycles. The number of hydrogen-bond donors (Lipinski definition) is 1. The fraction of sp³-hybridized carbons (Fsp3) is 0.133. The van der Waals surface area contributed by atoms with Crippen LogP contribution < -0.4 is 5.73 Å². The van der Waals surface area contributed by atoms with E-state index in [4.69, 9.17) is 17.3 Å². The standard InChI is InChI=1S/C15H14ClN5/c1-10-6-7-21-9-13(20-15(21)18-10)11-2-4-12(5-3-11)19-14(17)8-16/h2-7,9H,8H2,1H3,(H2,17,19). The Kier molecular flexibility index (Phi) is 3.58. The van der Waals surface area contributed by atoms with E-state index in [0.717, 1.165) is 22.6 Å². The molecule has 0 aliphatic rings. The van der Waals surface area contributed by atoms with Gasteiger partial charge in [-0.15, -0.1) is 11.6 Å². The molecule has 1 aromatic carbocycles. The van der Waals surface area contributed by atoms with E-state index in [9.17, 15) is 0 Å². The summed E-state index contributed by atoms with van der Waals surface area (Å²) in [6.45, 7) is 1.95. The molecule has 0 unspecified atom stereocenters. The van der Waals surface area contributed by atoms with Gasteiger partial charge in [0, 0.05) is 23.7 Å². The van der Waals surface area contributed by atoms with Crippen LogP contribution in [0.3, 0.4) is 0 Å². The Balaban J connectivity index is 1.95. The van der Waals surface area contributed by atoms with Crippen molar-refractivity contribution >= 4 is 28.9 Å². The van der Waals surface area contributed by atoms with Crippen LogP contribution in [-0.2, 0) is 0 Å². The van der Waals surface area contributed by atoms with Gasteiger partial charge in [-0.1, -0.05) is 12.1 Å². The van der Waals surface area contributed by atoms with Crippen LogP contribution in [0.15, 0.2) is 47.7 Å². The zero-order valence-electron chi connectivity index (χ0n) is 11.5. The summed E-state index contributed by atoms with van der Waals surface area (Å²) in [7, 11) is 0. The summed E-state index contributed by atoms with van der Waals surface area (Å²) in [6, 6.07) is 9.63. The number of aryl methyl sites for hydroxylation is 1. The van der Waals surface area contributed by atoms with Crippen molar-refractivity contribution in [3.05, 3.63) is 48.4 Å². The Bertz CT molecular complexity index is 805. The maximum Gasteiger partial charge on any atom is 0.234 e. The number of amidine groups is 1. The topological polar surface area (TPSA) is 68.6 Å². The molecule has 106 valence electrons. The van der Waals surface area contributed by atoms with Gasteiger partial charge in [0.1, 0.15) is 5.84 Å². The average Bonchev–Trinajstić information content (AvgIpc) is 2.90. The largest absolute Gasteiger partial charge is 0.386 e. The van der Waals surface area contributed by atoms with E-state index in [0.29, 0.717) is 11.6 Å². The van der Waals surface area contributed by atoms with Gasteiger partial charge in [0.05, 0.1) is 17.3 Å². The average molecular weight is 300 g/mol. The van der Waals surface area contributed by atoms with Crippen molar-refractivity contribution in [3.63, 3.8) is 0 Å². The van der Waals surface area contributed by atoms with E-state index in [1.165, 1.54) is 0 Å². The number of rotatable bonds is 3. The summed E-state index contributed by atoms with van der Waals surface area (Å²) in [6.07, 6.45) is 3.90. The first-order chi connectivity index (χ1) is 10.2. The number of aliphatic imine (C=N–C) groups is 1. The van der Waals surface area contributed by atoms with Gasteiger partial charge in [0.15, 0.2) is 0 Å². The van der Waals surface area contributed by atoms with Crippen molar-refractivity contribution in [2.75, 3.05) is 5.88 Å². The van der Waals surface area contributed by atoms with Crippen LogP contribution in [0.2, 0.25) is 0 Å². The van der Waals surface area contributed by atoms with Crippen molar-refractivity contribution in [2.45, 2.75) is 6.92 Å². The number of nitrogens with zero attached hydrogens (tertiary/aromatic N) is 4. The lowest BCUT2D eigenvalue weighted by Gasteiger charge is -1.99. The molecule has 0 fully saturated rings. The Morgan fingerprint density at radius 1 is 1.24 bits per heavy atom. The first-order valence-electron chi connectivity index (χ1n) is 6.47. The van der Waals surface area contributed by atoms with Gasteiger partial charge < -0.3 is 5.73 Å². The summed E-state index contributed by atoms with van der Waals surface area (Å²) in [5.74, 6) is 1.31. The molecule has 2 heterocycles. The minimum atomic E-state index is 0.221. The summed E-state index contributed by atoms with van der Waals surface area (Å²) < 4.78 is 1.90. The highest BCUT2D eigenvalue weighted by molar-refractivity contribution is 6.28. The molecule has 2 N–H and O–H groups in total. The maximum atomic E-state index is 5.61. The molecule has 3 aromatic rings. The molecule has 6 heteroatoms. The Hall–Kier alpha value is -2.40. The second-order valence-corrected chi connectivity index (χ2v) is 4.95. The number of fused-ring (bicyclic) bond motifs is 1. The lowest BCUT2D eigenvalue weighted by Crippen LogP contribution is -2.12. The van der Waals surface area contributed by atoms with E-state index in [-0.39, 0.29) is 5.88 Å². The summed E-state index contributed by atoms with van der Waals surface area (Å²) in [5.41, 5.74) is 9.20. The van der Waals surface area contributed by atoms with Gasteiger partial charge in [0.25, 0.3) is 0 Å². The van der Waals surface area contributed by atoms with E-state index in [1.54, 1.807) is 0 Å².